The Morgan fingerprint density at radius 2 is 1.76 bits per heavy atom. The summed E-state index contributed by atoms with van der Waals surface area (Å²) < 4.78 is 89.1. The molecule has 5 nitrogen and oxygen atoms in total. The first-order chi connectivity index (χ1) is 15.4. The van der Waals surface area contributed by atoms with E-state index in [1.165, 1.54) is 19.2 Å². The lowest BCUT2D eigenvalue weighted by Gasteiger charge is -2.17. The van der Waals surface area contributed by atoms with E-state index in [1.54, 1.807) is 19.2 Å². The predicted molar refractivity (Wildman–Crippen MR) is 111 cm³/mol. The first-order valence-electron chi connectivity index (χ1n) is 9.21. The number of carbonyl (C=O) groups is 1. The minimum absolute atomic E-state index is 0.0585. The van der Waals surface area contributed by atoms with Gasteiger partial charge in [-0.3, -0.25) is 4.79 Å². The molecular weight excluding hydrogens is 474 g/mol. The van der Waals surface area contributed by atoms with E-state index in [-0.39, 0.29) is 17.6 Å². The highest BCUT2D eigenvalue weighted by atomic mass is 32.2. The van der Waals surface area contributed by atoms with Crippen LogP contribution in [0, 0.1) is 0 Å². The highest BCUT2D eigenvalue weighted by Gasteiger charge is 2.38. The number of amides is 1. The molecule has 0 bridgehead atoms. The number of nitrogens with one attached hydrogen (secondary N) is 1. The van der Waals surface area contributed by atoms with Crippen molar-refractivity contribution in [1.82, 2.24) is 5.32 Å². The number of halogens is 6. The van der Waals surface area contributed by atoms with Crippen molar-refractivity contribution in [2.24, 2.45) is 4.99 Å². The molecule has 33 heavy (non-hydrogen) atoms. The van der Waals surface area contributed by atoms with E-state index >= 15 is 0 Å². The second kappa shape index (κ2) is 9.38. The number of carbonyl (C=O) groups excluding carboxylic acids is 1. The molecule has 0 atom stereocenters. The van der Waals surface area contributed by atoms with Crippen molar-refractivity contribution in [2.45, 2.75) is 19.0 Å². The molecule has 2 aromatic rings. The van der Waals surface area contributed by atoms with Gasteiger partial charge in [0.15, 0.2) is 16.7 Å². The van der Waals surface area contributed by atoms with Gasteiger partial charge in [0.25, 0.3) is 5.91 Å². The Morgan fingerprint density at radius 1 is 1.03 bits per heavy atom. The number of ether oxygens (including phenoxy) is 2. The van der Waals surface area contributed by atoms with Crippen LogP contribution in [0.15, 0.2) is 46.3 Å². The van der Waals surface area contributed by atoms with Gasteiger partial charge in [0.05, 0.1) is 23.1 Å². The lowest BCUT2D eigenvalue weighted by atomic mass is 10.0. The summed E-state index contributed by atoms with van der Waals surface area (Å²) in [5.74, 6) is -0.189. The van der Waals surface area contributed by atoms with Crippen molar-refractivity contribution < 1.29 is 40.6 Å². The predicted octanol–water partition coefficient (Wildman–Crippen LogP) is 5.50. The Morgan fingerprint density at radius 3 is 2.33 bits per heavy atom. The Kier molecular flexibility index (Phi) is 6.96. The summed E-state index contributed by atoms with van der Waals surface area (Å²) in [5, 5.41) is 3.20. The Labute approximate surface area is 188 Å². The lowest BCUT2D eigenvalue weighted by Crippen LogP contribution is -2.14. The maximum Gasteiger partial charge on any atom is 0.416 e. The second-order valence-electron chi connectivity index (χ2n) is 6.65. The zero-order chi connectivity index (χ0) is 24.4. The molecule has 0 aliphatic carbocycles. The molecule has 0 fully saturated rings. The summed E-state index contributed by atoms with van der Waals surface area (Å²) in [6.45, 7) is -0.641. The number of amidine groups is 1. The number of methoxy groups -OCH3 is 1. The molecule has 0 spiro atoms. The standard InChI is InChI=1S/C21H16F6N2O3S/c1-28-19-29-18(30)17(33-19)8-11-3-6-15(16(7-11)31-2)32-10-12-4-5-13(20(22,23)24)9-14(12)21(25,26)27/h3-9H,10H2,1-2H3,(H,28,29,30)/b17-8+. The average Bonchev–Trinajstić information content (AvgIpc) is 3.10. The summed E-state index contributed by atoms with van der Waals surface area (Å²) in [4.78, 5) is 16.0. The summed E-state index contributed by atoms with van der Waals surface area (Å²) in [6, 6.07) is 5.84. The molecule has 0 saturated heterocycles. The Balaban J connectivity index is 1.83. The molecule has 0 aromatic heterocycles. The second-order valence-corrected chi connectivity index (χ2v) is 7.68. The normalized spacial score (nSPS) is 15.6. The monoisotopic (exact) mass is 490 g/mol. The summed E-state index contributed by atoms with van der Waals surface area (Å²) in [5.41, 5.74) is -2.76. The minimum atomic E-state index is -5.00. The van der Waals surface area contributed by atoms with Crippen molar-refractivity contribution in [2.75, 3.05) is 14.2 Å². The van der Waals surface area contributed by atoms with Gasteiger partial charge in [0, 0.05) is 12.6 Å². The number of aliphatic imine (C=N–C) groups is 1. The average molecular weight is 490 g/mol. The Hall–Kier alpha value is -3.15. The van der Waals surface area contributed by atoms with Crippen LogP contribution < -0.4 is 14.8 Å². The van der Waals surface area contributed by atoms with Crippen molar-refractivity contribution in [3.05, 3.63) is 63.6 Å². The van der Waals surface area contributed by atoms with E-state index in [1.807, 2.05) is 0 Å². The molecule has 176 valence electrons. The highest BCUT2D eigenvalue weighted by molar-refractivity contribution is 8.18. The third kappa shape index (κ3) is 5.81. The molecular formula is C21H16F6N2O3S. The number of alkyl halides is 6. The summed E-state index contributed by atoms with van der Waals surface area (Å²) >= 11 is 1.14. The van der Waals surface area contributed by atoms with Crippen LogP contribution in [0.3, 0.4) is 0 Å². The van der Waals surface area contributed by atoms with E-state index in [4.69, 9.17) is 9.47 Å². The smallest absolute Gasteiger partial charge is 0.416 e. The van der Waals surface area contributed by atoms with Crippen molar-refractivity contribution in [3.63, 3.8) is 0 Å². The van der Waals surface area contributed by atoms with Gasteiger partial charge in [0.2, 0.25) is 0 Å². The van der Waals surface area contributed by atoms with Crippen molar-refractivity contribution in [1.29, 1.82) is 0 Å². The quantitative estimate of drug-likeness (QED) is 0.443. The third-order valence-electron chi connectivity index (χ3n) is 4.45. The van der Waals surface area contributed by atoms with Gasteiger partial charge in [-0.05, 0) is 47.7 Å². The van der Waals surface area contributed by atoms with Crippen LogP contribution in [0.2, 0.25) is 0 Å². The SMILES string of the molecule is CNC1=NC(=O)/C(=C\c2ccc(OCc3ccc(C(F)(F)F)cc3C(F)(F)F)c(OC)c2)S1. The van der Waals surface area contributed by atoms with Gasteiger partial charge in [-0.15, -0.1) is 0 Å². The molecule has 1 heterocycles. The Bertz CT molecular complexity index is 1130. The number of hydrogen-bond acceptors (Lipinski definition) is 5. The van der Waals surface area contributed by atoms with E-state index < -0.39 is 41.6 Å². The van der Waals surface area contributed by atoms with Gasteiger partial charge < -0.3 is 14.8 Å². The molecule has 0 saturated carbocycles. The molecule has 1 aliphatic heterocycles. The van der Waals surface area contributed by atoms with Crippen molar-refractivity contribution in [3.8, 4) is 11.5 Å². The maximum absolute atomic E-state index is 13.3. The van der Waals surface area contributed by atoms with Crippen LogP contribution in [0.25, 0.3) is 6.08 Å². The number of benzene rings is 2. The zero-order valence-corrected chi connectivity index (χ0v) is 17.9. The van der Waals surface area contributed by atoms with Crippen LogP contribution in [-0.4, -0.2) is 25.2 Å². The van der Waals surface area contributed by atoms with Crippen LogP contribution >= 0.6 is 11.8 Å². The van der Waals surface area contributed by atoms with Crippen LogP contribution in [0.5, 0.6) is 11.5 Å². The van der Waals surface area contributed by atoms with E-state index in [2.05, 4.69) is 10.3 Å². The molecule has 1 aliphatic rings. The summed E-state index contributed by atoms with van der Waals surface area (Å²) in [7, 11) is 2.94. The van der Waals surface area contributed by atoms with E-state index in [0.29, 0.717) is 21.7 Å². The fourth-order valence-electron chi connectivity index (χ4n) is 2.86. The van der Waals surface area contributed by atoms with Gasteiger partial charge in [-0.25, -0.2) is 0 Å². The molecule has 1 N–H and O–H groups in total. The van der Waals surface area contributed by atoms with Gasteiger partial charge in [0.1, 0.15) is 6.61 Å². The number of nitrogens with zero attached hydrogens (tertiary/aromatic N) is 1. The number of thioether (sulfide) groups is 1. The third-order valence-corrected chi connectivity index (χ3v) is 5.45. The van der Waals surface area contributed by atoms with Gasteiger partial charge >= 0.3 is 12.4 Å². The van der Waals surface area contributed by atoms with Gasteiger partial charge in [-0.1, -0.05) is 12.1 Å². The van der Waals surface area contributed by atoms with Crippen molar-refractivity contribution >= 4 is 28.9 Å². The molecule has 0 unspecified atom stereocenters. The zero-order valence-electron chi connectivity index (χ0n) is 17.1. The fourth-order valence-corrected chi connectivity index (χ4v) is 3.63. The van der Waals surface area contributed by atoms with Crippen LogP contribution in [-0.2, 0) is 23.8 Å². The highest BCUT2D eigenvalue weighted by Crippen LogP contribution is 2.38. The maximum atomic E-state index is 13.3. The first kappa shape index (κ1) is 24.5. The largest absolute Gasteiger partial charge is 0.493 e. The topological polar surface area (TPSA) is 59.9 Å². The van der Waals surface area contributed by atoms with Gasteiger partial charge in [-0.2, -0.15) is 31.3 Å². The molecule has 2 aromatic carbocycles. The molecule has 1 amide bonds. The lowest BCUT2D eigenvalue weighted by molar-refractivity contribution is -0.143. The van der Waals surface area contributed by atoms with E-state index in [9.17, 15) is 31.1 Å². The number of rotatable bonds is 5. The van der Waals surface area contributed by atoms with Crippen LogP contribution in [0.1, 0.15) is 22.3 Å². The number of hydrogen-bond donors (Lipinski definition) is 1. The minimum Gasteiger partial charge on any atom is -0.493 e. The molecule has 0 radical (unpaired) electrons. The first-order valence-corrected chi connectivity index (χ1v) is 10.0. The molecule has 12 heteroatoms. The summed E-state index contributed by atoms with van der Waals surface area (Å²) in [6.07, 6.45) is -8.35. The molecule has 3 rings (SSSR count). The van der Waals surface area contributed by atoms with Crippen LogP contribution in [0.4, 0.5) is 26.3 Å². The van der Waals surface area contributed by atoms with E-state index in [0.717, 1.165) is 17.8 Å². The fraction of sp³-hybridized carbons (Fsp3) is 0.238.